The van der Waals surface area contributed by atoms with Gasteiger partial charge in [-0.05, 0) is 32.8 Å². The molecular weight excluding hydrogens is 240 g/mol. The molecule has 1 N–H and O–H groups in total. The highest BCUT2D eigenvalue weighted by Gasteiger charge is 2.19. The highest BCUT2D eigenvalue weighted by molar-refractivity contribution is 5.93. The topological polar surface area (TPSA) is 59.3 Å². The molecule has 0 aromatic carbocycles. The molecule has 3 rings (SSSR count). The number of fused-ring (bicyclic) bond motifs is 1. The van der Waals surface area contributed by atoms with Gasteiger partial charge in [-0.25, -0.2) is 9.50 Å². The molecule has 5 heteroatoms. The molecule has 1 saturated carbocycles. The van der Waals surface area contributed by atoms with Crippen LogP contribution in [0.5, 0.6) is 0 Å². The third-order valence-electron chi connectivity index (χ3n) is 3.65. The Hall–Kier alpha value is -1.91. The first-order valence-corrected chi connectivity index (χ1v) is 6.78. The third-order valence-corrected chi connectivity index (χ3v) is 3.65. The van der Waals surface area contributed by atoms with Gasteiger partial charge in [0.15, 0.2) is 5.65 Å². The zero-order chi connectivity index (χ0) is 13.4. The Balaban J connectivity index is 1.89. The van der Waals surface area contributed by atoms with Gasteiger partial charge in [-0.15, -0.1) is 0 Å². The van der Waals surface area contributed by atoms with Crippen LogP contribution in [-0.2, 0) is 0 Å². The fourth-order valence-corrected chi connectivity index (χ4v) is 2.69. The summed E-state index contributed by atoms with van der Waals surface area (Å²) >= 11 is 0. The predicted molar refractivity (Wildman–Crippen MR) is 72.2 cm³/mol. The first-order chi connectivity index (χ1) is 9.13. The van der Waals surface area contributed by atoms with Gasteiger partial charge >= 0.3 is 0 Å². The molecule has 19 heavy (non-hydrogen) atoms. The van der Waals surface area contributed by atoms with Gasteiger partial charge in [-0.1, -0.05) is 12.8 Å². The fourth-order valence-electron chi connectivity index (χ4n) is 2.69. The minimum absolute atomic E-state index is 0.0728. The molecule has 1 amide bonds. The first kappa shape index (κ1) is 12.1. The molecule has 0 spiro atoms. The molecule has 2 aromatic rings. The zero-order valence-electron chi connectivity index (χ0n) is 11.3. The number of rotatable bonds is 2. The average Bonchev–Trinajstić information content (AvgIpc) is 2.97. The van der Waals surface area contributed by atoms with E-state index in [-0.39, 0.29) is 5.91 Å². The summed E-state index contributed by atoms with van der Waals surface area (Å²) in [6, 6.07) is 4.00. The number of nitrogens with one attached hydrogen (secondary N) is 1. The monoisotopic (exact) mass is 258 g/mol. The highest BCUT2D eigenvalue weighted by atomic mass is 16.1. The van der Waals surface area contributed by atoms with Crippen molar-refractivity contribution in [2.24, 2.45) is 0 Å². The summed E-state index contributed by atoms with van der Waals surface area (Å²) in [5.74, 6) is -0.0728. The fraction of sp³-hybridized carbons (Fsp3) is 0.500. The van der Waals surface area contributed by atoms with E-state index in [0.717, 1.165) is 29.9 Å². The Kier molecular flexibility index (Phi) is 2.97. The number of hydrogen-bond donors (Lipinski definition) is 1. The van der Waals surface area contributed by atoms with Crippen molar-refractivity contribution in [3.05, 3.63) is 29.2 Å². The van der Waals surface area contributed by atoms with Gasteiger partial charge in [-0.3, -0.25) is 4.79 Å². The van der Waals surface area contributed by atoms with Gasteiger partial charge in [0.05, 0.1) is 5.69 Å². The Labute approximate surface area is 112 Å². The maximum absolute atomic E-state index is 12.2. The van der Waals surface area contributed by atoms with Crippen molar-refractivity contribution in [1.29, 1.82) is 0 Å². The maximum atomic E-state index is 12.2. The van der Waals surface area contributed by atoms with Crippen molar-refractivity contribution < 1.29 is 4.79 Å². The second kappa shape index (κ2) is 4.64. The van der Waals surface area contributed by atoms with Crippen LogP contribution >= 0.6 is 0 Å². The number of carbonyl (C=O) groups excluding carboxylic acids is 1. The van der Waals surface area contributed by atoms with Crippen molar-refractivity contribution in [2.45, 2.75) is 45.6 Å². The lowest BCUT2D eigenvalue weighted by molar-refractivity contribution is 0.0933. The Bertz CT molecular complexity index is 626. The van der Waals surface area contributed by atoms with Crippen LogP contribution in [0, 0.1) is 13.8 Å². The van der Waals surface area contributed by atoms with Crippen molar-refractivity contribution in [1.82, 2.24) is 19.9 Å². The van der Waals surface area contributed by atoms with Crippen LogP contribution in [0.1, 0.15) is 47.6 Å². The lowest BCUT2D eigenvalue weighted by Crippen LogP contribution is -2.33. The molecule has 2 heterocycles. The first-order valence-electron chi connectivity index (χ1n) is 6.78. The summed E-state index contributed by atoms with van der Waals surface area (Å²) in [4.78, 5) is 16.6. The number of aryl methyl sites for hydroxylation is 2. The van der Waals surface area contributed by atoms with E-state index in [4.69, 9.17) is 0 Å². The summed E-state index contributed by atoms with van der Waals surface area (Å²) < 4.78 is 1.77. The molecule has 0 unspecified atom stereocenters. The van der Waals surface area contributed by atoms with Crippen molar-refractivity contribution >= 4 is 11.6 Å². The standard InChI is InChI=1S/C14H18N4O/c1-9-7-13-16-12(8-10(2)18(13)17-9)14(19)15-11-5-3-4-6-11/h7-8,11H,3-6H2,1-2H3,(H,15,19). The van der Waals surface area contributed by atoms with E-state index in [1.165, 1.54) is 12.8 Å². The largest absolute Gasteiger partial charge is 0.348 e. The van der Waals surface area contributed by atoms with E-state index in [2.05, 4.69) is 15.4 Å². The summed E-state index contributed by atoms with van der Waals surface area (Å²) in [5.41, 5.74) is 3.05. The quantitative estimate of drug-likeness (QED) is 0.896. The average molecular weight is 258 g/mol. The lowest BCUT2D eigenvalue weighted by Gasteiger charge is -2.11. The Morgan fingerprint density at radius 3 is 2.79 bits per heavy atom. The van der Waals surface area contributed by atoms with Crippen molar-refractivity contribution in [2.75, 3.05) is 0 Å². The van der Waals surface area contributed by atoms with E-state index in [1.807, 2.05) is 19.9 Å². The molecular formula is C14H18N4O. The molecule has 100 valence electrons. The van der Waals surface area contributed by atoms with Crippen LogP contribution in [0.2, 0.25) is 0 Å². The minimum Gasteiger partial charge on any atom is -0.348 e. The molecule has 1 aliphatic carbocycles. The van der Waals surface area contributed by atoms with Crippen LogP contribution in [0.4, 0.5) is 0 Å². The predicted octanol–water partition coefficient (Wildman–Crippen LogP) is 2.02. The molecule has 5 nitrogen and oxygen atoms in total. The minimum atomic E-state index is -0.0728. The summed E-state index contributed by atoms with van der Waals surface area (Å²) in [6.07, 6.45) is 4.58. The van der Waals surface area contributed by atoms with Crippen molar-refractivity contribution in [3.63, 3.8) is 0 Å². The van der Waals surface area contributed by atoms with Crippen LogP contribution < -0.4 is 5.32 Å². The zero-order valence-corrected chi connectivity index (χ0v) is 11.3. The number of hydrogen-bond acceptors (Lipinski definition) is 3. The van der Waals surface area contributed by atoms with E-state index in [0.29, 0.717) is 11.7 Å². The summed E-state index contributed by atoms with van der Waals surface area (Å²) in [5, 5.41) is 7.40. The van der Waals surface area contributed by atoms with E-state index in [1.54, 1.807) is 10.6 Å². The molecule has 0 bridgehead atoms. The van der Waals surface area contributed by atoms with Gasteiger partial charge in [-0.2, -0.15) is 5.10 Å². The summed E-state index contributed by atoms with van der Waals surface area (Å²) in [7, 11) is 0. The molecule has 0 saturated heterocycles. The number of carbonyl (C=O) groups is 1. The van der Waals surface area contributed by atoms with Crippen molar-refractivity contribution in [3.8, 4) is 0 Å². The van der Waals surface area contributed by atoms with Gasteiger partial charge in [0.2, 0.25) is 0 Å². The Morgan fingerprint density at radius 1 is 1.32 bits per heavy atom. The van der Waals surface area contributed by atoms with Crippen LogP contribution in [0.15, 0.2) is 12.1 Å². The maximum Gasteiger partial charge on any atom is 0.270 e. The molecule has 1 aliphatic rings. The van der Waals surface area contributed by atoms with E-state index >= 15 is 0 Å². The van der Waals surface area contributed by atoms with Gasteiger partial charge in [0.25, 0.3) is 5.91 Å². The lowest BCUT2D eigenvalue weighted by atomic mass is 10.2. The molecule has 1 fully saturated rings. The third kappa shape index (κ3) is 2.32. The molecule has 2 aromatic heterocycles. The second-order valence-corrected chi connectivity index (χ2v) is 5.29. The second-order valence-electron chi connectivity index (χ2n) is 5.29. The smallest absolute Gasteiger partial charge is 0.270 e. The number of aromatic nitrogens is 3. The van der Waals surface area contributed by atoms with Gasteiger partial charge in [0.1, 0.15) is 5.69 Å². The summed E-state index contributed by atoms with van der Waals surface area (Å²) in [6.45, 7) is 3.86. The van der Waals surface area contributed by atoms with Crippen LogP contribution in [0.3, 0.4) is 0 Å². The van der Waals surface area contributed by atoms with Gasteiger partial charge < -0.3 is 5.32 Å². The Morgan fingerprint density at radius 2 is 2.05 bits per heavy atom. The van der Waals surface area contributed by atoms with E-state index in [9.17, 15) is 4.79 Å². The number of amides is 1. The number of nitrogens with zero attached hydrogens (tertiary/aromatic N) is 3. The SMILES string of the molecule is Cc1cc2nc(C(=O)NC3CCCC3)cc(C)n2n1. The normalized spacial score (nSPS) is 16.1. The highest BCUT2D eigenvalue weighted by Crippen LogP contribution is 2.18. The molecule has 0 radical (unpaired) electrons. The molecule has 0 aliphatic heterocycles. The molecule has 0 atom stereocenters. The van der Waals surface area contributed by atoms with Crippen LogP contribution in [-0.4, -0.2) is 26.5 Å². The van der Waals surface area contributed by atoms with Crippen LogP contribution in [0.25, 0.3) is 5.65 Å². The van der Waals surface area contributed by atoms with Gasteiger partial charge in [0, 0.05) is 17.8 Å². The van der Waals surface area contributed by atoms with E-state index < -0.39 is 0 Å².